The summed E-state index contributed by atoms with van der Waals surface area (Å²) in [7, 11) is 0. The van der Waals surface area contributed by atoms with E-state index < -0.39 is 0 Å². The van der Waals surface area contributed by atoms with Crippen LogP contribution in [0.1, 0.15) is 34.7 Å². The van der Waals surface area contributed by atoms with Crippen LogP contribution in [0.4, 0.5) is 0 Å². The number of aromatic nitrogens is 1. The van der Waals surface area contributed by atoms with Crippen molar-refractivity contribution in [3.05, 3.63) is 59.9 Å². The van der Waals surface area contributed by atoms with Crippen LogP contribution in [-0.2, 0) is 0 Å². The maximum atomic E-state index is 12.5. The van der Waals surface area contributed by atoms with Gasteiger partial charge in [0.2, 0.25) is 0 Å². The largest absolute Gasteiger partial charge is 0.493 e. The molecular formula is C21H25N3O2. The zero-order chi connectivity index (χ0) is 17.8. The Kier molecular flexibility index (Phi) is 5.16. The number of ether oxygens (including phenoxy) is 1. The number of pyridine rings is 1. The first-order valence-corrected chi connectivity index (χ1v) is 9.44. The van der Waals surface area contributed by atoms with Crippen LogP contribution in [0.3, 0.4) is 0 Å². The van der Waals surface area contributed by atoms with E-state index in [0.29, 0.717) is 11.5 Å². The molecule has 0 aliphatic carbocycles. The van der Waals surface area contributed by atoms with E-state index in [0.717, 1.165) is 57.9 Å². The van der Waals surface area contributed by atoms with Gasteiger partial charge in [0.15, 0.2) is 0 Å². The molecule has 2 aliphatic heterocycles. The molecule has 1 amide bonds. The molecule has 2 aromatic rings. The Morgan fingerprint density at radius 1 is 1.12 bits per heavy atom. The zero-order valence-electron chi connectivity index (χ0n) is 15.0. The quantitative estimate of drug-likeness (QED) is 0.850. The molecule has 1 fully saturated rings. The summed E-state index contributed by atoms with van der Waals surface area (Å²) in [6.45, 7) is 5.35. The molecule has 0 N–H and O–H groups in total. The third-order valence-electron chi connectivity index (χ3n) is 5.44. The molecule has 0 saturated carbocycles. The van der Waals surface area contributed by atoms with Crippen molar-refractivity contribution in [2.45, 2.75) is 18.8 Å². The van der Waals surface area contributed by atoms with E-state index in [1.54, 1.807) is 12.4 Å². The average Bonchev–Trinajstić information content (AvgIpc) is 2.73. The Bertz CT molecular complexity index is 742. The minimum atomic E-state index is 0.0936. The molecule has 0 spiro atoms. The fraction of sp³-hybridized carbons (Fsp3) is 0.429. The second-order valence-corrected chi connectivity index (χ2v) is 7.04. The lowest BCUT2D eigenvalue weighted by Gasteiger charge is -2.36. The molecule has 1 atom stereocenters. The Morgan fingerprint density at radius 3 is 2.77 bits per heavy atom. The molecule has 2 aliphatic rings. The number of hydrogen-bond donors (Lipinski definition) is 0. The van der Waals surface area contributed by atoms with E-state index in [1.165, 1.54) is 5.56 Å². The third kappa shape index (κ3) is 3.73. The van der Waals surface area contributed by atoms with Crippen LogP contribution >= 0.6 is 0 Å². The third-order valence-corrected chi connectivity index (χ3v) is 5.44. The number of rotatable bonds is 4. The summed E-state index contributed by atoms with van der Waals surface area (Å²) in [6.07, 6.45) is 5.59. The molecule has 1 aromatic heterocycles. The number of nitrogens with zero attached hydrogens (tertiary/aromatic N) is 3. The first kappa shape index (κ1) is 17.0. The summed E-state index contributed by atoms with van der Waals surface area (Å²) in [4.78, 5) is 21.0. The van der Waals surface area contributed by atoms with Crippen molar-refractivity contribution in [1.29, 1.82) is 0 Å². The summed E-state index contributed by atoms with van der Waals surface area (Å²) < 4.78 is 5.77. The highest BCUT2D eigenvalue weighted by Gasteiger charge is 2.25. The average molecular weight is 351 g/mol. The molecule has 1 unspecified atom stereocenters. The number of hydrogen-bond acceptors (Lipinski definition) is 4. The van der Waals surface area contributed by atoms with Crippen LogP contribution < -0.4 is 4.74 Å². The van der Waals surface area contributed by atoms with Gasteiger partial charge in [-0.15, -0.1) is 0 Å². The van der Waals surface area contributed by atoms with E-state index in [1.807, 2.05) is 23.1 Å². The van der Waals surface area contributed by atoms with Crippen molar-refractivity contribution in [1.82, 2.24) is 14.8 Å². The van der Waals surface area contributed by atoms with Gasteiger partial charge in [-0.3, -0.25) is 14.7 Å². The van der Waals surface area contributed by atoms with Crippen LogP contribution in [0, 0.1) is 0 Å². The standard InChI is InChI=1S/C21H25N3O2/c25-21(18-4-3-9-22-16-18)24-13-11-23(12-14-24)10-7-17-8-15-26-20-6-2-1-5-19(17)20/h1-6,9,16-17H,7-8,10-15H2. The molecular weight excluding hydrogens is 326 g/mol. The number of carbonyl (C=O) groups is 1. The molecule has 26 heavy (non-hydrogen) atoms. The number of piperazine rings is 1. The van der Waals surface area contributed by atoms with Gasteiger partial charge >= 0.3 is 0 Å². The van der Waals surface area contributed by atoms with E-state index in [4.69, 9.17) is 4.74 Å². The highest BCUT2D eigenvalue weighted by Crippen LogP contribution is 2.35. The molecule has 0 bridgehead atoms. The van der Waals surface area contributed by atoms with E-state index in [9.17, 15) is 4.79 Å². The van der Waals surface area contributed by atoms with Crippen molar-refractivity contribution in [3.63, 3.8) is 0 Å². The van der Waals surface area contributed by atoms with Gasteiger partial charge in [0, 0.05) is 38.6 Å². The van der Waals surface area contributed by atoms with Crippen LogP contribution in [0.5, 0.6) is 5.75 Å². The Hall–Kier alpha value is -2.40. The minimum Gasteiger partial charge on any atom is -0.493 e. The molecule has 3 heterocycles. The lowest BCUT2D eigenvalue weighted by atomic mass is 9.90. The Labute approximate surface area is 154 Å². The summed E-state index contributed by atoms with van der Waals surface area (Å²) >= 11 is 0. The van der Waals surface area contributed by atoms with Crippen molar-refractivity contribution in [3.8, 4) is 5.75 Å². The minimum absolute atomic E-state index is 0.0936. The van der Waals surface area contributed by atoms with Crippen molar-refractivity contribution >= 4 is 5.91 Å². The summed E-state index contributed by atoms with van der Waals surface area (Å²) in [5.74, 6) is 1.72. The molecule has 5 nitrogen and oxygen atoms in total. The summed E-state index contributed by atoms with van der Waals surface area (Å²) in [6, 6.07) is 12.1. The van der Waals surface area contributed by atoms with E-state index in [-0.39, 0.29) is 5.91 Å². The van der Waals surface area contributed by atoms with Crippen molar-refractivity contribution in [2.75, 3.05) is 39.3 Å². The molecule has 5 heteroatoms. The van der Waals surface area contributed by atoms with Crippen molar-refractivity contribution < 1.29 is 9.53 Å². The van der Waals surface area contributed by atoms with Gasteiger partial charge in [-0.2, -0.15) is 0 Å². The Morgan fingerprint density at radius 2 is 1.96 bits per heavy atom. The first-order chi connectivity index (χ1) is 12.8. The predicted molar refractivity (Wildman–Crippen MR) is 100 cm³/mol. The monoisotopic (exact) mass is 351 g/mol. The van der Waals surface area contributed by atoms with Crippen LogP contribution in [-0.4, -0.2) is 60.0 Å². The fourth-order valence-corrected chi connectivity index (χ4v) is 3.90. The lowest BCUT2D eigenvalue weighted by molar-refractivity contribution is 0.0631. The summed E-state index contributed by atoms with van der Waals surface area (Å²) in [5.41, 5.74) is 2.03. The first-order valence-electron chi connectivity index (χ1n) is 9.44. The number of para-hydroxylation sites is 1. The van der Waals surface area contributed by atoms with Gasteiger partial charge in [0.25, 0.3) is 5.91 Å². The van der Waals surface area contributed by atoms with E-state index >= 15 is 0 Å². The number of fused-ring (bicyclic) bond motifs is 1. The fourth-order valence-electron chi connectivity index (χ4n) is 3.90. The molecule has 1 saturated heterocycles. The topological polar surface area (TPSA) is 45.7 Å². The summed E-state index contributed by atoms with van der Waals surface area (Å²) in [5, 5.41) is 0. The second-order valence-electron chi connectivity index (χ2n) is 7.04. The van der Waals surface area contributed by atoms with Gasteiger partial charge in [-0.25, -0.2) is 0 Å². The molecule has 1 aromatic carbocycles. The smallest absolute Gasteiger partial charge is 0.255 e. The normalized spacial score (nSPS) is 20.3. The second kappa shape index (κ2) is 7.87. The van der Waals surface area contributed by atoms with Crippen LogP contribution in [0.25, 0.3) is 0 Å². The number of carbonyl (C=O) groups excluding carboxylic acids is 1. The number of benzene rings is 1. The highest BCUT2D eigenvalue weighted by molar-refractivity contribution is 5.93. The predicted octanol–water partition coefficient (Wildman–Crippen LogP) is 2.80. The van der Waals surface area contributed by atoms with Gasteiger partial charge in [-0.05, 0) is 49.1 Å². The van der Waals surface area contributed by atoms with Crippen molar-refractivity contribution in [2.24, 2.45) is 0 Å². The van der Waals surface area contributed by atoms with Gasteiger partial charge in [-0.1, -0.05) is 18.2 Å². The highest BCUT2D eigenvalue weighted by atomic mass is 16.5. The van der Waals surface area contributed by atoms with Crippen LogP contribution in [0.15, 0.2) is 48.8 Å². The number of amides is 1. The lowest BCUT2D eigenvalue weighted by Crippen LogP contribution is -2.49. The maximum absolute atomic E-state index is 12.5. The Balaban J connectivity index is 1.28. The van der Waals surface area contributed by atoms with Gasteiger partial charge in [0.1, 0.15) is 5.75 Å². The molecule has 136 valence electrons. The molecule has 0 radical (unpaired) electrons. The molecule has 4 rings (SSSR count). The zero-order valence-corrected chi connectivity index (χ0v) is 15.0. The maximum Gasteiger partial charge on any atom is 0.255 e. The van der Waals surface area contributed by atoms with Gasteiger partial charge in [0.05, 0.1) is 12.2 Å². The SMILES string of the molecule is O=C(c1cccnc1)N1CCN(CCC2CCOc3ccccc32)CC1. The van der Waals surface area contributed by atoms with E-state index in [2.05, 4.69) is 28.1 Å². The van der Waals surface area contributed by atoms with Gasteiger partial charge < -0.3 is 9.64 Å². The van der Waals surface area contributed by atoms with Crippen LogP contribution in [0.2, 0.25) is 0 Å².